The van der Waals surface area contributed by atoms with Crippen LogP contribution < -0.4 is 10.1 Å². The minimum Gasteiger partial charge on any atom is -0.497 e. The van der Waals surface area contributed by atoms with Gasteiger partial charge in [-0.1, -0.05) is 18.2 Å². The number of nitrogens with zero attached hydrogens (tertiary/aromatic N) is 1. The van der Waals surface area contributed by atoms with E-state index >= 15 is 0 Å². The van der Waals surface area contributed by atoms with Gasteiger partial charge in [0, 0.05) is 43.4 Å². The van der Waals surface area contributed by atoms with Crippen molar-refractivity contribution in [2.75, 3.05) is 37.8 Å². The average Bonchev–Trinajstić information content (AvgIpc) is 2.76. The number of ether oxygens (including phenoxy) is 1. The molecule has 2 aromatic carbocycles. The number of nitrogens with one attached hydrogen (secondary N) is 1. The van der Waals surface area contributed by atoms with Gasteiger partial charge in [0.2, 0.25) is 5.91 Å². The molecular weight excluding hydrogens is 431 g/mol. The number of hydrogen-bond acceptors (Lipinski definition) is 5. The number of amides is 1. The van der Waals surface area contributed by atoms with E-state index in [1.165, 1.54) is 19.2 Å². The number of anilines is 1. The quantitative estimate of drug-likeness (QED) is 0.681. The molecule has 0 atom stereocenters. The van der Waals surface area contributed by atoms with Crippen LogP contribution >= 0.6 is 0 Å². The van der Waals surface area contributed by atoms with Crippen LogP contribution in [0.15, 0.2) is 53.4 Å². The molecular formula is C24H29FN2O4S. The molecule has 1 aliphatic heterocycles. The first kappa shape index (κ1) is 22.7. The van der Waals surface area contributed by atoms with E-state index in [0.717, 1.165) is 38.8 Å². The zero-order valence-electron chi connectivity index (χ0n) is 18.2. The van der Waals surface area contributed by atoms with Crippen molar-refractivity contribution < 1.29 is 22.3 Å². The maximum absolute atomic E-state index is 13.7. The molecule has 0 radical (unpaired) electrons. The number of methoxy groups -OCH3 is 1. The standard InChI is InChI=1S/C24H29FN2O4S/c1-31-21-14-19(25)13-20(15-21)26-23(28)18-7-9-24(10-8-18)16-27(17-24)11-12-32(29,30)22-5-3-2-4-6-22/h2-6,13-15,18H,7-12,16-17H2,1H3,(H,26,28). The summed E-state index contributed by atoms with van der Waals surface area (Å²) in [4.78, 5) is 15.2. The van der Waals surface area contributed by atoms with Crippen molar-refractivity contribution in [1.29, 1.82) is 0 Å². The van der Waals surface area contributed by atoms with Crippen molar-refractivity contribution in [2.24, 2.45) is 11.3 Å². The Balaban J connectivity index is 1.23. The molecule has 0 bridgehead atoms. The molecule has 2 fully saturated rings. The predicted molar refractivity (Wildman–Crippen MR) is 121 cm³/mol. The molecule has 1 spiro atoms. The van der Waals surface area contributed by atoms with Crippen LogP contribution in [0.4, 0.5) is 10.1 Å². The lowest BCUT2D eigenvalue weighted by atomic mass is 9.66. The van der Waals surface area contributed by atoms with E-state index in [1.807, 2.05) is 6.07 Å². The monoisotopic (exact) mass is 460 g/mol. The van der Waals surface area contributed by atoms with Crippen molar-refractivity contribution in [3.63, 3.8) is 0 Å². The highest BCUT2D eigenvalue weighted by Gasteiger charge is 2.46. The molecule has 2 aromatic rings. The average molecular weight is 461 g/mol. The SMILES string of the molecule is COc1cc(F)cc(NC(=O)C2CCC3(CC2)CN(CCS(=O)(=O)c2ccccc2)C3)c1. The predicted octanol–water partition coefficient (Wildman–Crippen LogP) is 3.74. The molecule has 1 N–H and O–H groups in total. The van der Waals surface area contributed by atoms with Crippen LogP contribution in [-0.4, -0.2) is 51.7 Å². The summed E-state index contributed by atoms with van der Waals surface area (Å²) in [5.74, 6) is -0.146. The topological polar surface area (TPSA) is 75.7 Å². The van der Waals surface area contributed by atoms with Crippen molar-refractivity contribution in [3.8, 4) is 5.75 Å². The normalized spacial score (nSPS) is 18.8. The third kappa shape index (κ3) is 5.13. The number of carbonyl (C=O) groups is 1. The second-order valence-electron chi connectivity index (χ2n) is 8.99. The Labute approximate surface area is 188 Å². The van der Waals surface area contributed by atoms with Crippen LogP contribution in [0.3, 0.4) is 0 Å². The van der Waals surface area contributed by atoms with Gasteiger partial charge in [-0.2, -0.15) is 0 Å². The molecule has 1 aliphatic carbocycles. The van der Waals surface area contributed by atoms with Gasteiger partial charge in [0.05, 0.1) is 17.8 Å². The first-order valence-electron chi connectivity index (χ1n) is 10.9. The Hall–Kier alpha value is -2.45. The Morgan fingerprint density at radius 3 is 2.50 bits per heavy atom. The van der Waals surface area contributed by atoms with Crippen LogP contribution in [-0.2, 0) is 14.6 Å². The molecule has 1 amide bonds. The summed E-state index contributed by atoms with van der Waals surface area (Å²) < 4.78 is 43.7. The van der Waals surface area contributed by atoms with Crippen LogP contribution in [0.2, 0.25) is 0 Å². The summed E-state index contributed by atoms with van der Waals surface area (Å²) in [6.45, 7) is 2.30. The zero-order valence-corrected chi connectivity index (χ0v) is 19.0. The Bertz CT molecular complexity index is 1060. The molecule has 172 valence electrons. The minimum absolute atomic E-state index is 0.0855. The third-order valence-corrected chi connectivity index (χ3v) is 8.40. The number of hydrogen-bond donors (Lipinski definition) is 1. The summed E-state index contributed by atoms with van der Waals surface area (Å²) in [5.41, 5.74) is 0.594. The van der Waals surface area contributed by atoms with E-state index in [2.05, 4.69) is 10.2 Å². The maximum atomic E-state index is 13.7. The number of rotatable bonds is 7. The summed E-state index contributed by atoms with van der Waals surface area (Å²) in [5, 5.41) is 2.82. The second kappa shape index (κ2) is 9.19. The molecule has 0 aromatic heterocycles. The number of sulfone groups is 1. The van der Waals surface area contributed by atoms with Crippen molar-refractivity contribution in [2.45, 2.75) is 30.6 Å². The van der Waals surface area contributed by atoms with Gasteiger partial charge in [0.1, 0.15) is 11.6 Å². The third-order valence-electron chi connectivity index (χ3n) is 6.69. The van der Waals surface area contributed by atoms with Crippen LogP contribution in [0, 0.1) is 17.2 Å². The minimum atomic E-state index is -3.26. The molecule has 4 rings (SSSR count). The summed E-state index contributed by atoms with van der Waals surface area (Å²) in [7, 11) is -1.80. The summed E-state index contributed by atoms with van der Waals surface area (Å²) >= 11 is 0. The molecule has 0 unspecified atom stereocenters. The number of benzene rings is 2. The first-order chi connectivity index (χ1) is 15.3. The van der Waals surface area contributed by atoms with Gasteiger partial charge in [-0.15, -0.1) is 0 Å². The van der Waals surface area contributed by atoms with Crippen LogP contribution in [0.5, 0.6) is 5.75 Å². The summed E-state index contributed by atoms with van der Waals surface area (Å²) in [6, 6.07) is 12.7. The van der Waals surface area contributed by atoms with E-state index in [4.69, 9.17) is 4.74 Å². The highest BCUT2D eigenvalue weighted by Crippen LogP contribution is 2.45. The maximum Gasteiger partial charge on any atom is 0.227 e. The molecule has 32 heavy (non-hydrogen) atoms. The lowest BCUT2D eigenvalue weighted by Gasteiger charge is -2.53. The van der Waals surface area contributed by atoms with Gasteiger partial charge in [-0.3, -0.25) is 4.79 Å². The highest BCUT2D eigenvalue weighted by atomic mass is 32.2. The highest BCUT2D eigenvalue weighted by molar-refractivity contribution is 7.91. The Morgan fingerprint density at radius 1 is 1.16 bits per heavy atom. The van der Waals surface area contributed by atoms with E-state index in [0.29, 0.717) is 22.9 Å². The first-order valence-corrected chi connectivity index (χ1v) is 12.6. The molecule has 1 heterocycles. The number of likely N-dealkylation sites (tertiary alicyclic amines) is 1. The van der Waals surface area contributed by atoms with E-state index in [9.17, 15) is 17.6 Å². The smallest absolute Gasteiger partial charge is 0.227 e. The Kier molecular flexibility index (Phi) is 6.53. The lowest BCUT2D eigenvalue weighted by Crippen LogP contribution is -2.58. The van der Waals surface area contributed by atoms with E-state index < -0.39 is 15.7 Å². The molecule has 1 saturated heterocycles. The van der Waals surface area contributed by atoms with Gasteiger partial charge in [-0.05, 0) is 49.3 Å². The molecule has 8 heteroatoms. The second-order valence-corrected chi connectivity index (χ2v) is 11.1. The molecule has 1 saturated carbocycles. The Morgan fingerprint density at radius 2 is 1.84 bits per heavy atom. The van der Waals surface area contributed by atoms with Crippen molar-refractivity contribution in [3.05, 3.63) is 54.3 Å². The number of halogens is 1. The fourth-order valence-corrected chi connectivity index (χ4v) is 6.17. The van der Waals surface area contributed by atoms with E-state index in [-0.39, 0.29) is 23.0 Å². The number of carbonyl (C=O) groups excluding carboxylic acids is 1. The fraction of sp³-hybridized carbons (Fsp3) is 0.458. The largest absolute Gasteiger partial charge is 0.497 e. The lowest BCUT2D eigenvalue weighted by molar-refractivity contribution is -0.123. The van der Waals surface area contributed by atoms with Gasteiger partial charge < -0.3 is 15.0 Å². The van der Waals surface area contributed by atoms with Crippen LogP contribution in [0.1, 0.15) is 25.7 Å². The van der Waals surface area contributed by atoms with E-state index in [1.54, 1.807) is 30.3 Å². The van der Waals surface area contributed by atoms with Gasteiger partial charge in [0.15, 0.2) is 9.84 Å². The van der Waals surface area contributed by atoms with Crippen molar-refractivity contribution in [1.82, 2.24) is 4.90 Å². The van der Waals surface area contributed by atoms with Gasteiger partial charge >= 0.3 is 0 Å². The van der Waals surface area contributed by atoms with Crippen LogP contribution in [0.25, 0.3) is 0 Å². The molecule has 6 nitrogen and oxygen atoms in total. The van der Waals surface area contributed by atoms with Crippen molar-refractivity contribution >= 4 is 21.4 Å². The molecule has 2 aliphatic rings. The van der Waals surface area contributed by atoms with Gasteiger partial charge in [0.25, 0.3) is 0 Å². The fourth-order valence-electron chi connectivity index (χ4n) is 4.86. The zero-order chi connectivity index (χ0) is 22.8. The van der Waals surface area contributed by atoms with Gasteiger partial charge in [-0.25, -0.2) is 12.8 Å². The summed E-state index contributed by atoms with van der Waals surface area (Å²) in [6.07, 6.45) is 3.46.